The highest BCUT2D eigenvalue weighted by molar-refractivity contribution is 8.08. The van der Waals surface area contributed by atoms with Crippen molar-refractivity contribution in [3.05, 3.63) is 75.4 Å². The van der Waals surface area contributed by atoms with Gasteiger partial charge in [-0.1, -0.05) is 47.1 Å². The number of nitrogens with zero attached hydrogens (tertiary/aromatic N) is 3. The molecule has 2 rings (SSSR count). The lowest BCUT2D eigenvalue weighted by Gasteiger charge is -2.11. The maximum Gasteiger partial charge on any atom is 0.417 e. The van der Waals surface area contributed by atoms with Crippen molar-refractivity contribution in [3.63, 3.8) is 0 Å². The van der Waals surface area contributed by atoms with Gasteiger partial charge >= 0.3 is 6.18 Å². The highest BCUT2D eigenvalue weighted by Crippen LogP contribution is 2.39. The van der Waals surface area contributed by atoms with E-state index in [4.69, 9.17) is 33.7 Å². The average Bonchev–Trinajstić information content (AvgIpc) is 2.62. The quantitative estimate of drug-likeness (QED) is 0.318. The Morgan fingerprint density at radius 3 is 2.22 bits per heavy atom. The first-order valence-electron chi connectivity index (χ1n) is 7.13. The van der Waals surface area contributed by atoms with E-state index in [2.05, 4.69) is 4.98 Å². The summed E-state index contributed by atoms with van der Waals surface area (Å²) >= 11 is 12.8. The minimum Gasteiger partial charge on any atom is -0.247 e. The zero-order chi connectivity index (χ0) is 20.0. The van der Waals surface area contributed by atoms with Crippen molar-refractivity contribution >= 4 is 39.9 Å². The Bertz CT molecular complexity index is 969. The van der Waals surface area contributed by atoms with Crippen molar-refractivity contribution in [2.75, 3.05) is 0 Å². The standard InChI is InChI=1S/C18H8Cl2F3N3S/c19-14-4-2-12(3-5-14)16(6-1-11(8-24)9-25)27-17-15(20)7-13(10-26-17)18(21,22)23/h1-7,10H/b16-6+. The number of thioether (sulfide) groups is 1. The molecule has 1 aromatic carbocycles. The van der Waals surface area contributed by atoms with E-state index < -0.39 is 11.7 Å². The Morgan fingerprint density at radius 1 is 1.07 bits per heavy atom. The largest absolute Gasteiger partial charge is 0.417 e. The first-order valence-corrected chi connectivity index (χ1v) is 8.70. The molecule has 0 spiro atoms. The second-order valence-electron chi connectivity index (χ2n) is 4.95. The van der Waals surface area contributed by atoms with Crippen LogP contribution in [-0.4, -0.2) is 4.98 Å². The van der Waals surface area contributed by atoms with Gasteiger partial charge in [0.05, 0.1) is 10.6 Å². The maximum atomic E-state index is 12.8. The molecule has 1 aromatic heterocycles. The van der Waals surface area contributed by atoms with Crippen LogP contribution in [0.15, 0.2) is 59.3 Å². The number of benzene rings is 1. The molecule has 0 unspecified atom stereocenters. The number of aromatic nitrogens is 1. The third-order valence-corrected chi connectivity index (χ3v) is 4.87. The molecule has 0 aliphatic carbocycles. The van der Waals surface area contributed by atoms with Crippen LogP contribution in [0, 0.1) is 22.7 Å². The summed E-state index contributed by atoms with van der Waals surface area (Å²) in [4.78, 5) is 4.31. The minimum atomic E-state index is -4.55. The van der Waals surface area contributed by atoms with Gasteiger partial charge in [-0.05, 0) is 35.9 Å². The van der Waals surface area contributed by atoms with Crippen molar-refractivity contribution in [3.8, 4) is 12.1 Å². The Morgan fingerprint density at radius 2 is 1.70 bits per heavy atom. The molecular formula is C18H8Cl2F3N3S. The van der Waals surface area contributed by atoms with Crippen LogP contribution < -0.4 is 0 Å². The fourth-order valence-corrected chi connectivity index (χ4v) is 3.09. The highest BCUT2D eigenvalue weighted by atomic mass is 35.5. The second-order valence-corrected chi connectivity index (χ2v) is 6.83. The van der Waals surface area contributed by atoms with Crippen LogP contribution in [-0.2, 0) is 6.18 Å². The van der Waals surface area contributed by atoms with Crippen LogP contribution >= 0.6 is 35.0 Å². The molecule has 9 heteroatoms. The molecule has 0 fully saturated rings. The SMILES string of the molecule is N#CC(C#N)=C/C=C(/Sc1ncc(C(F)(F)F)cc1Cl)c1ccc(Cl)cc1. The van der Waals surface area contributed by atoms with Crippen LogP contribution in [0.25, 0.3) is 4.91 Å². The summed E-state index contributed by atoms with van der Waals surface area (Å²) in [5, 5.41) is 18.2. The predicted molar refractivity (Wildman–Crippen MR) is 98.8 cm³/mol. The van der Waals surface area contributed by atoms with E-state index in [-0.39, 0.29) is 15.6 Å². The molecule has 0 amide bonds. The fourth-order valence-electron chi connectivity index (χ4n) is 1.82. The van der Waals surface area contributed by atoms with Gasteiger partial charge in [-0.25, -0.2) is 4.98 Å². The van der Waals surface area contributed by atoms with Crippen molar-refractivity contribution in [1.29, 1.82) is 10.5 Å². The Hall–Kier alpha value is -2.45. The molecule has 0 atom stereocenters. The van der Waals surface area contributed by atoms with Gasteiger partial charge < -0.3 is 0 Å². The van der Waals surface area contributed by atoms with E-state index >= 15 is 0 Å². The minimum absolute atomic E-state index is 0.131. The summed E-state index contributed by atoms with van der Waals surface area (Å²) in [6, 6.07) is 10.9. The lowest BCUT2D eigenvalue weighted by Crippen LogP contribution is -2.05. The topological polar surface area (TPSA) is 60.5 Å². The van der Waals surface area contributed by atoms with Gasteiger partial charge in [0.1, 0.15) is 22.7 Å². The molecule has 0 saturated heterocycles. The molecule has 136 valence electrons. The highest BCUT2D eigenvalue weighted by Gasteiger charge is 2.31. The van der Waals surface area contributed by atoms with Crippen LogP contribution in [0.5, 0.6) is 0 Å². The Labute approximate surface area is 167 Å². The summed E-state index contributed by atoms with van der Waals surface area (Å²) in [5.41, 5.74) is -0.424. The first-order chi connectivity index (χ1) is 12.7. The van der Waals surface area contributed by atoms with Gasteiger partial charge in [-0.15, -0.1) is 0 Å². The molecule has 0 bridgehead atoms. The predicted octanol–water partition coefficient (Wildman–Crippen LogP) is 6.51. The van der Waals surface area contributed by atoms with Crippen LogP contribution in [0.1, 0.15) is 11.1 Å². The molecule has 27 heavy (non-hydrogen) atoms. The molecule has 0 saturated carbocycles. The summed E-state index contributed by atoms with van der Waals surface area (Å²) in [5.74, 6) is 0. The molecular weight excluding hydrogens is 418 g/mol. The second kappa shape index (κ2) is 8.96. The number of alkyl halides is 3. The normalized spacial score (nSPS) is 11.4. The van der Waals surface area contributed by atoms with Gasteiger partial charge in [-0.3, -0.25) is 0 Å². The summed E-state index contributed by atoms with van der Waals surface area (Å²) < 4.78 is 38.3. The van der Waals surface area contributed by atoms with Gasteiger partial charge in [0.2, 0.25) is 0 Å². The molecule has 1 heterocycles. The van der Waals surface area contributed by atoms with E-state index in [9.17, 15) is 13.2 Å². The first kappa shape index (κ1) is 20.9. The molecule has 3 nitrogen and oxygen atoms in total. The van der Waals surface area contributed by atoms with E-state index in [1.807, 2.05) is 0 Å². The molecule has 0 aliphatic rings. The molecule has 0 radical (unpaired) electrons. The monoisotopic (exact) mass is 425 g/mol. The molecule has 0 N–H and O–H groups in total. The summed E-state index contributed by atoms with van der Waals surface area (Å²) in [7, 11) is 0. The number of halogens is 5. The van der Waals surface area contributed by atoms with Gasteiger partial charge in [0.15, 0.2) is 0 Å². The Balaban J connectivity index is 2.45. The van der Waals surface area contributed by atoms with Crippen LogP contribution in [0.4, 0.5) is 13.2 Å². The number of nitriles is 2. The number of rotatable bonds is 4. The van der Waals surface area contributed by atoms with E-state index in [0.717, 1.165) is 17.8 Å². The zero-order valence-corrected chi connectivity index (χ0v) is 15.6. The van der Waals surface area contributed by atoms with Gasteiger partial charge in [0.25, 0.3) is 0 Å². The van der Waals surface area contributed by atoms with Crippen molar-refractivity contribution < 1.29 is 13.2 Å². The van der Waals surface area contributed by atoms with Gasteiger partial charge in [-0.2, -0.15) is 23.7 Å². The van der Waals surface area contributed by atoms with Crippen molar-refractivity contribution in [2.45, 2.75) is 11.2 Å². The summed E-state index contributed by atoms with van der Waals surface area (Å²) in [6.45, 7) is 0. The number of allylic oxidation sites excluding steroid dienone is 3. The summed E-state index contributed by atoms with van der Waals surface area (Å²) in [6.07, 6.45) is -1.06. The third kappa shape index (κ3) is 5.77. The number of hydrogen-bond acceptors (Lipinski definition) is 4. The maximum absolute atomic E-state index is 12.8. The van der Waals surface area contributed by atoms with Crippen LogP contribution in [0.2, 0.25) is 10.0 Å². The van der Waals surface area contributed by atoms with Gasteiger partial charge in [0, 0.05) is 16.1 Å². The van der Waals surface area contributed by atoms with Crippen LogP contribution in [0.3, 0.4) is 0 Å². The zero-order valence-electron chi connectivity index (χ0n) is 13.3. The average molecular weight is 426 g/mol. The van der Waals surface area contributed by atoms with E-state index in [1.54, 1.807) is 36.4 Å². The smallest absolute Gasteiger partial charge is 0.247 e. The molecule has 0 aliphatic heterocycles. The van der Waals surface area contributed by atoms with Crippen molar-refractivity contribution in [1.82, 2.24) is 4.98 Å². The number of hydrogen-bond donors (Lipinski definition) is 0. The van der Waals surface area contributed by atoms with E-state index in [0.29, 0.717) is 21.7 Å². The Kier molecular flexibility index (Phi) is 6.92. The van der Waals surface area contributed by atoms with Crippen molar-refractivity contribution in [2.24, 2.45) is 0 Å². The number of pyridine rings is 1. The fraction of sp³-hybridized carbons (Fsp3) is 0.0556. The van der Waals surface area contributed by atoms with E-state index in [1.165, 1.54) is 12.2 Å². The lowest BCUT2D eigenvalue weighted by molar-refractivity contribution is -0.137. The molecule has 2 aromatic rings. The third-order valence-electron chi connectivity index (χ3n) is 3.11. The lowest BCUT2D eigenvalue weighted by atomic mass is 10.2.